The van der Waals surface area contributed by atoms with Crippen LogP contribution in [0.15, 0.2) is 0 Å². The summed E-state index contributed by atoms with van der Waals surface area (Å²) in [6, 6.07) is -0.888. The maximum atomic E-state index is 10.9. The van der Waals surface area contributed by atoms with E-state index in [1.807, 2.05) is 0 Å². The molecule has 0 aromatic rings. The van der Waals surface area contributed by atoms with E-state index in [4.69, 9.17) is 16.6 Å². The fraction of sp³-hybridized carbons (Fsp3) is 0.750. The molecule has 0 bridgehead atoms. The molecule has 13 heavy (non-hydrogen) atoms. The molecule has 0 aromatic heterocycles. The summed E-state index contributed by atoms with van der Waals surface area (Å²) >= 11 is 0. The molecule has 76 valence electrons. The highest BCUT2D eigenvalue weighted by molar-refractivity contribution is 5.80. The second-order valence-corrected chi connectivity index (χ2v) is 3.23. The van der Waals surface area contributed by atoms with Crippen molar-refractivity contribution in [2.75, 3.05) is 6.54 Å². The Hall–Kier alpha value is -0.940. The minimum absolute atomic E-state index is 0.00660. The standard InChI is InChI=1S/C8H16N2O3/c1-5(2-6(11)4-9)3-7(10)8(12)13/h5,7H,2-4,9-10H2,1H3,(H,12,13)/t5?,7-/m0/s1. The molecular weight excluding hydrogens is 172 g/mol. The normalized spacial score (nSPS) is 15.0. The van der Waals surface area contributed by atoms with Crippen molar-refractivity contribution in [1.82, 2.24) is 0 Å². The lowest BCUT2D eigenvalue weighted by Crippen LogP contribution is -2.32. The predicted molar refractivity (Wildman–Crippen MR) is 48.1 cm³/mol. The van der Waals surface area contributed by atoms with Crippen LogP contribution in [0.5, 0.6) is 0 Å². The van der Waals surface area contributed by atoms with Gasteiger partial charge in [0, 0.05) is 6.42 Å². The van der Waals surface area contributed by atoms with Crippen LogP contribution in [-0.4, -0.2) is 29.4 Å². The van der Waals surface area contributed by atoms with E-state index in [2.05, 4.69) is 0 Å². The summed E-state index contributed by atoms with van der Waals surface area (Å²) in [4.78, 5) is 21.2. The van der Waals surface area contributed by atoms with E-state index in [0.717, 1.165) is 0 Å². The van der Waals surface area contributed by atoms with Gasteiger partial charge in [-0.05, 0) is 12.3 Å². The molecule has 0 aliphatic heterocycles. The molecule has 5 nitrogen and oxygen atoms in total. The van der Waals surface area contributed by atoms with Crippen molar-refractivity contribution in [3.63, 3.8) is 0 Å². The fourth-order valence-corrected chi connectivity index (χ4v) is 1.09. The van der Waals surface area contributed by atoms with Gasteiger partial charge >= 0.3 is 5.97 Å². The molecule has 0 aliphatic rings. The van der Waals surface area contributed by atoms with Crippen LogP contribution in [0.3, 0.4) is 0 Å². The number of aliphatic carboxylic acids is 1. The minimum atomic E-state index is -1.04. The van der Waals surface area contributed by atoms with Crippen LogP contribution in [0.1, 0.15) is 19.8 Å². The smallest absolute Gasteiger partial charge is 0.320 e. The van der Waals surface area contributed by atoms with Gasteiger partial charge in [0.1, 0.15) is 11.8 Å². The monoisotopic (exact) mass is 188 g/mol. The summed E-state index contributed by atoms with van der Waals surface area (Å²) in [6.07, 6.45) is 0.610. The topological polar surface area (TPSA) is 106 Å². The van der Waals surface area contributed by atoms with Crippen molar-refractivity contribution >= 4 is 11.8 Å². The molecule has 0 aliphatic carbocycles. The molecule has 2 atom stereocenters. The molecule has 0 aromatic carbocycles. The minimum Gasteiger partial charge on any atom is -0.480 e. The Bertz CT molecular complexity index is 194. The first-order chi connectivity index (χ1) is 5.97. The molecule has 5 N–H and O–H groups in total. The van der Waals surface area contributed by atoms with Crippen molar-refractivity contribution in [3.8, 4) is 0 Å². The van der Waals surface area contributed by atoms with Gasteiger partial charge in [-0.1, -0.05) is 6.92 Å². The molecule has 0 amide bonds. The first-order valence-electron chi connectivity index (χ1n) is 4.17. The van der Waals surface area contributed by atoms with Crippen LogP contribution in [0.25, 0.3) is 0 Å². The fourth-order valence-electron chi connectivity index (χ4n) is 1.09. The second-order valence-electron chi connectivity index (χ2n) is 3.23. The van der Waals surface area contributed by atoms with Gasteiger partial charge in [-0.25, -0.2) is 0 Å². The van der Waals surface area contributed by atoms with Gasteiger partial charge in [-0.3, -0.25) is 9.59 Å². The first kappa shape index (κ1) is 12.1. The Labute approximate surface area is 77.1 Å². The number of nitrogens with two attached hydrogens (primary N) is 2. The number of hydrogen-bond acceptors (Lipinski definition) is 4. The van der Waals surface area contributed by atoms with Crippen LogP contribution < -0.4 is 11.5 Å². The molecule has 0 radical (unpaired) electrons. The highest BCUT2D eigenvalue weighted by Gasteiger charge is 2.17. The highest BCUT2D eigenvalue weighted by Crippen LogP contribution is 2.09. The van der Waals surface area contributed by atoms with E-state index < -0.39 is 12.0 Å². The van der Waals surface area contributed by atoms with Gasteiger partial charge in [0.2, 0.25) is 0 Å². The van der Waals surface area contributed by atoms with Crippen LogP contribution in [0.2, 0.25) is 0 Å². The summed E-state index contributed by atoms with van der Waals surface area (Å²) < 4.78 is 0. The number of carbonyl (C=O) groups excluding carboxylic acids is 1. The first-order valence-corrected chi connectivity index (χ1v) is 4.17. The lowest BCUT2D eigenvalue weighted by atomic mass is 9.97. The van der Waals surface area contributed by atoms with E-state index in [1.165, 1.54) is 0 Å². The van der Waals surface area contributed by atoms with Gasteiger partial charge < -0.3 is 16.6 Å². The van der Waals surface area contributed by atoms with Gasteiger partial charge in [0.25, 0.3) is 0 Å². The molecule has 0 heterocycles. The summed E-state index contributed by atoms with van der Waals surface area (Å²) in [5.74, 6) is -1.13. The third kappa shape index (κ3) is 5.32. The van der Waals surface area contributed by atoms with Crippen molar-refractivity contribution in [1.29, 1.82) is 0 Å². The van der Waals surface area contributed by atoms with Crippen LogP contribution in [-0.2, 0) is 9.59 Å². The summed E-state index contributed by atoms with van der Waals surface area (Å²) in [7, 11) is 0. The number of rotatable bonds is 6. The summed E-state index contributed by atoms with van der Waals surface area (Å²) in [5, 5.41) is 8.49. The lowest BCUT2D eigenvalue weighted by molar-refractivity contribution is -0.139. The largest absolute Gasteiger partial charge is 0.480 e. The van der Waals surface area contributed by atoms with Crippen LogP contribution in [0, 0.1) is 5.92 Å². The predicted octanol–water partition coefficient (Wildman–Crippen LogP) is -0.658. The Morgan fingerprint density at radius 1 is 1.46 bits per heavy atom. The van der Waals surface area contributed by atoms with Crippen LogP contribution in [0.4, 0.5) is 0 Å². The number of carbonyl (C=O) groups is 2. The van der Waals surface area contributed by atoms with E-state index in [0.29, 0.717) is 12.8 Å². The Morgan fingerprint density at radius 2 is 2.00 bits per heavy atom. The number of carboxylic acid groups (broad SMARTS) is 1. The van der Waals surface area contributed by atoms with Crippen LogP contribution >= 0.6 is 0 Å². The number of hydrogen-bond donors (Lipinski definition) is 3. The molecule has 0 spiro atoms. The maximum absolute atomic E-state index is 10.9. The second kappa shape index (κ2) is 5.66. The molecule has 0 saturated carbocycles. The van der Waals surface area contributed by atoms with Crippen molar-refractivity contribution in [3.05, 3.63) is 0 Å². The highest BCUT2D eigenvalue weighted by atomic mass is 16.4. The van der Waals surface area contributed by atoms with Gasteiger partial charge in [0.05, 0.1) is 6.54 Å². The van der Waals surface area contributed by atoms with E-state index >= 15 is 0 Å². The quantitative estimate of drug-likeness (QED) is 0.513. The number of carboxylic acids is 1. The Kier molecular flexibility index (Phi) is 5.25. The Morgan fingerprint density at radius 3 is 2.38 bits per heavy atom. The van der Waals surface area contributed by atoms with Crippen molar-refractivity contribution < 1.29 is 14.7 Å². The van der Waals surface area contributed by atoms with E-state index in [-0.39, 0.29) is 18.2 Å². The number of Topliss-reactive ketones (excluding diaryl/α,β-unsaturated/α-hetero) is 1. The zero-order valence-corrected chi connectivity index (χ0v) is 7.69. The maximum Gasteiger partial charge on any atom is 0.320 e. The summed E-state index contributed by atoms with van der Waals surface area (Å²) in [5.41, 5.74) is 10.4. The van der Waals surface area contributed by atoms with Gasteiger partial charge in [-0.2, -0.15) is 0 Å². The molecule has 5 heteroatoms. The van der Waals surface area contributed by atoms with Crippen molar-refractivity contribution in [2.45, 2.75) is 25.8 Å². The van der Waals surface area contributed by atoms with Gasteiger partial charge in [0.15, 0.2) is 0 Å². The van der Waals surface area contributed by atoms with E-state index in [1.54, 1.807) is 6.92 Å². The average Bonchev–Trinajstić information content (AvgIpc) is 2.03. The van der Waals surface area contributed by atoms with E-state index in [9.17, 15) is 9.59 Å². The average molecular weight is 188 g/mol. The molecule has 0 rings (SSSR count). The lowest BCUT2D eigenvalue weighted by Gasteiger charge is -2.12. The molecular formula is C8H16N2O3. The zero-order valence-electron chi connectivity index (χ0n) is 7.69. The Balaban J connectivity index is 3.80. The third-order valence-electron chi connectivity index (χ3n) is 1.78. The van der Waals surface area contributed by atoms with Crippen molar-refractivity contribution in [2.24, 2.45) is 17.4 Å². The third-order valence-corrected chi connectivity index (χ3v) is 1.78. The summed E-state index contributed by atoms with van der Waals surface area (Å²) in [6.45, 7) is 1.79. The zero-order chi connectivity index (χ0) is 10.4. The SMILES string of the molecule is CC(CC(=O)CN)C[C@H](N)C(=O)O. The molecule has 1 unspecified atom stereocenters. The molecule has 0 fully saturated rings. The van der Waals surface area contributed by atoms with Gasteiger partial charge in [-0.15, -0.1) is 0 Å². The molecule has 0 saturated heterocycles. The number of ketones is 1.